The second-order valence-corrected chi connectivity index (χ2v) is 4.54. The number of hydrogen-bond acceptors (Lipinski definition) is 4. The number of nitrogens with zero attached hydrogens (tertiary/aromatic N) is 1. The first-order valence-corrected chi connectivity index (χ1v) is 6.75. The molecule has 21 heavy (non-hydrogen) atoms. The van der Waals surface area contributed by atoms with Gasteiger partial charge < -0.3 is 14.8 Å². The fourth-order valence-electron chi connectivity index (χ4n) is 2.19. The Hall–Kier alpha value is -2.14. The molecule has 0 spiro atoms. The Balaban J connectivity index is 2.42. The van der Waals surface area contributed by atoms with E-state index in [-0.39, 0.29) is 17.6 Å². The molecule has 1 unspecified atom stereocenters. The lowest BCUT2D eigenvalue weighted by molar-refractivity contribution is 0.385. The van der Waals surface area contributed by atoms with Crippen LogP contribution in [-0.4, -0.2) is 25.7 Å². The number of benzene rings is 1. The molecule has 2 rings (SSSR count). The average Bonchev–Trinajstić information content (AvgIpc) is 2.53. The Bertz CT molecular complexity index is 605. The topological polar surface area (TPSA) is 43.4 Å². The monoisotopic (exact) mass is 290 g/mol. The van der Waals surface area contributed by atoms with Gasteiger partial charge >= 0.3 is 0 Å². The van der Waals surface area contributed by atoms with Gasteiger partial charge in [-0.3, -0.25) is 4.98 Å². The summed E-state index contributed by atoms with van der Waals surface area (Å²) in [6, 6.07) is 6.65. The minimum atomic E-state index is -0.375. The maximum absolute atomic E-state index is 13.6. The molecule has 0 saturated heterocycles. The van der Waals surface area contributed by atoms with Gasteiger partial charge in [0.15, 0.2) is 11.6 Å². The second kappa shape index (κ2) is 7.04. The molecule has 4 nitrogen and oxygen atoms in total. The first-order chi connectivity index (χ1) is 10.2. The van der Waals surface area contributed by atoms with Gasteiger partial charge in [-0.25, -0.2) is 4.39 Å². The summed E-state index contributed by atoms with van der Waals surface area (Å²) in [5.74, 6) is 0.538. The van der Waals surface area contributed by atoms with Gasteiger partial charge in [0.1, 0.15) is 5.75 Å². The highest BCUT2D eigenvalue weighted by Crippen LogP contribution is 2.28. The number of aromatic nitrogens is 1. The second-order valence-electron chi connectivity index (χ2n) is 4.54. The molecule has 0 saturated carbocycles. The van der Waals surface area contributed by atoms with Gasteiger partial charge in [-0.05, 0) is 35.9 Å². The van der Waals surface area contributed by atoms with Crippen LogP contribution in [0.25, 0.3) is 0 Å². The summed E-state index contributed by atoms with van der Waals surface area (Å²) in [5, 5.41) is 3.36. The van der Waals surface area contributed by atoms with Crippen molar-refractivity contribution >= 4 is 0 Å². The van der Waals surface area contributed by atoms with E-state index in [1.807, 2.05) is 13.0 Å². The SMILES string of the molecule is CCNC(c1cncc(OC)c1)c1ccc(F)c(OC)c1. The van der Waals surface area contributed by atoms with E-state index in [0.717, 1.165) is 17.7 Å². The largest absolute Gasteiger partial charge is 0.495 e. The standard InChI is InChI=1S/C16H19FN2O2/c1-4-19-16(12-7-13(20-2)10-18-9-12)11-5-6-14(17)15(8-11)21-3/h5-10,16,19H,4H2,1-3H3. The summed E-state index contributed by atoms with van der Waals surface area (Å²) >= 11 is 0. The highest BCUT2D eigenvalue weighted by atomic mass is 19.1. The lowest BCUT2D eigenvalue weighted by atomic mass is 9.99. The third kappa shape index (κ3) is 3.49. The Kier molecular flexibility index (Phi) is 5.11. The molecule has 1 aromatic heterocycles. The van der Waals surface area contributed by atoms with E-state index in [0.29, 0.717) is 5.75 Å². The molecule has 112 valence electrons. The molecule has 0 fully saturated rings. The van der Waals surface area contributed by atoms with Crippen molar-refractivity contribution < 1.29 is 13.9 Å². The van der Waals surface area contributed by atoms with Crippen molar-refractivity contribution in [2.75, 3.05) is 20.8 Å². The lowest BCUT2D eigenvalue weighted by Gasteiger charge is -2.20. The quantitative estimate of drug-likeness (QED) is 0.888. The van der Waals surface area contributed by atoms with Gasteiger partial charge in [-0.2, -0.15) is 0 Å². The molecule has 0 amide bonds. The van der Waals surface area contributed by atoms with Crippen molar-refractivity contribution in [3.63, 3.8) is 0 Å². The summed E-state index contributed by atoms with van der Waals surface area (Å²) in [7, 11) is 3.06. The number of rotatable bonds is 6. The van der Waals surface area contributed by atoms with E-state index in [1.54, 1.807) is 31.6 Å². The molecule has 5 heteroatoms. The van der Waals surface area contributed by atoms with Crippen LogP contribution in [0.1, 0.15) is 24.1 Å². The number of methoxy groups -OCH3 is 2. The lowest BCUT2D eigenvalue weighted by Crippen LogP contribution is -2.22. The molecule has 0 aliphatic heterocycles. The minimum absolute atomic E-state index is 0.105. The summed E-state index contributed by atoms with van der Waals surface area (Å²) in [6.07, 6.45) is 3.42. The number of ether oxygens (including phenoxy) is 2. The van der Waals surface area contributed by atoms with Crippen molar-refractivity contribution in [1.29, 1.82) is 0 Å². The van der Waals surface area contributed by atoms with Crippen LogP contribution in [0, 0.1) is 5.82 Å². The molecule has 1 aromatic carbocycles. The molecular weight excluding hydrogens is 271 g/mol. The van der Waals surface area contributed by atoms with Crippen molar-refractivity contribution in [3.05, 3.63) is 53.6 Å². The Labute approximate surface area is 123 Å². The Morgan fingerprint density at radius 3 is 2.62 bits per heavy atom. The van der Waals surface area contributed by atoms with Crippen LogP contribution in [0.2, 0.25) is 0 Å². The average molecular weight is 290 g/mol. The zero-order valence-electron chi connectivity index (χ0n) is 12.4. The predicted octanol–water partition coefficient (Wildman–Crippen LogP) is 2.94. The summed E-state index contributed by atoms with van der Waals surface area (Å²) in [6.45, 7) is 2.78. The fourth-order valence-corrected chi connectivity index (χ4v) is 2.19. The highest BCUT2D eigenvalue weighted by Gasteiger charge is 2.16. The van der Waals surface area contributed by atoms with E-state index in [9.17, 15) is 4.39 Å². The number of pyridine rings is 1. The van der Waals surface area contributed by atoms with Gasteiger partial charge in [0, 0.05) is 6.20 Å². The number of halogens is 1. The van der Waals surface area contributed by atoms with E-state index >= 15 is 0 Å². The Morgan fingerprint density at radius 2 is 1.95 bits per heavy atom. The van der Waals surface area contributed by atoms with Crippen LogP contribution in [0.3, 0.4) is 0 Å². The minimum Gasteiger partial charge on any atom is -0.495 e. The third-order valence-corrected chi connectivity index (χ3v) is 3.22. The van der Waals surface area contributed by atoms with Gasteiger partial charge in [0.05, 0.1) is 26.5 Å². The van der Waals surface area contributed by atoms with Crippen LogP contribution in [0.15, 0.2) is 36.7 Å². The fraction of sp³-hybridized carbons (Fsp3) is 0.312. The van der Waals surface area contributed by atoms with E-state index < -0.39 is 0 Å². The molecule has 2 aromatic rings. The van der Waals surface area contributed by atoms with Gasteiger partial charge in [-0.15, -0.1) is 0 Å². The van der Waals surface area contributed by atoms with Crippen LogP contribution >= 0.6 is 0 Å². The first-order valence-electron chi connectivity index (χ1n) is 6.75. The zero-order valence-corrected chi connectivity index (χ0v) is 12.4. The molecule has 1 N–H and O–H groups in total. The predicted molar refractivity (Wildman–Crippen MR) is 79.3 cm³/mol. The van der Waals surface area contributed by atoms with Crippen LogP contribution in [0.4, 0.5) is 4.39 Å². The first kappa shape index (κ1) is 15.3. The molecule has 1 heterocycles. The van der Waals surface area contributed by atoms with E-state index in [4.69, 9.17) is 9.47 Å². The third-order valence-electron chi connectivity index (χ3n) is 3.22. The van der Waals surface area contributed by atoms with Crippen molar-refractivity contribution in [2.24, 2.45) is 0 Å². The zero-order chi connectivity index (χ0) is 15.2. The normalized spacial score (nSPS) is 12.0. The summed E-state index contributed by atoms with van der Waals surface area (Å²) in [5.41, 5.74) is 1.86. The van der Waals surface area contributed by atoms with Crippen LogP contribution < -0.4 is 14.8 Å². The Morgan fingerprint density at radius 1 is 1.14 bits per heavy atom. The molecular formula is C16H19FN2O2. The van der Waals surface area contributed by atoms with Crippen molar-refractivity contribution in [2.45, 2.75) is 13.0 Å². The van der Waals surface area contributed by atoms with Gasteiger partial charge in [0.2, 0.25) is 0 Å². The van der Waals surface area contributed by atoms with Crippen LogP contribution in [-0.2, 0) is 0 Å². The van der Waals surface area contributed by atoms with Gasteiger partial charge in [0.25, 0.3) is 0 Å². The van der Waals surface area contributed by atoms with E-state index in [1.165, 1.54) is 13.2 Å². The summed E-state index contributed by atoms with van der Waals surface area (Å²) in [4.78, 5) is 4.17. The maximum atomic E-state index is 13.6. The maximum Gasteiger partial charge on any atom is 0.165 e. The number of nitrogens with one attached hydrogen (secondary N) is 1. The molecule has 0 bridgehead atoms. The van der Waals surface area contributed by atoms with Crippen LogP contribution in [0.5, 0.6) is 11.5 Å². The molecule has 0 aliphatic carbocycles. The molecule has 0 radical (unpaired) electrons. The molecule has 0 aliphatic rings. The van der Waals surface area contributed by atoms with E-state index in [2.05, 4.69) is 10.3 Å². The smallest absolute Gasteiger partial charge is 0.165 e. The number of hydrogen-bond donors (Lipinski definition) is 1. The summed E-state index contributed by atoms with van der Waals surface area (Å²) < 4.78 is 23.8. The highest BCUT2D eigenvalue weighted by molar-refractivity contribution is 5.38. The van der Waals surface area contributed by atoms with Gasteiger partial charge in [-0.1, -0.05) is 13.0 Å². The molecule has 1 atom stereocenters. The van der Waals surface area contributed by atoms with Crippen molar-refractivity contribution in [3.8, 4) is 11.5 Å². The van der Waals surface area contributed by atoms with Crippen molar-refractivity contribution in [1.82, 2.24) is 10.3 Å².